The van der Waals surface area contributed by atoms with Crippen LogP contribution >= 0.6 is 0 Å². The van der Waals surface area contributed by atoms with Crippen molar-refractivity contribution in [2.75, 3.05) is 25.1 Å². The number of hydrogen-bond donors (Lipinski definition) is 1. The third-order valence-electron chi connectivity index (χ3n) is 2.64. The molecule has 0 aliphatic carbocycles. The fourth-order valence-corrected chi connectivity index (χ4v) is 1.73. The van der Waals surface area contributed by atoms with Gasteiger partial charge >= 0.3 is 0 Å². The van der Waals surface area contributed by atoms with Crippen LogP contribution in [0.4, 0.5) is 5.95 Å². The normalized spacial score (nSPS) is 19.1. The Bertz CT molecular complexity index is 389. The van der Waals surface area contributed by atoms with Gasteiger partial charge in [-0.05, 0) is 30.2 Å². The van der Waals surface area contributed by atoms with Crippen molar-refractivity contribution < 1.29 is 14.3 Å². The maximum absolute atomic E-state index is 11.6. The van der Waals surface area contributed by atoms with Gasteiger partial charge in [0.2, 0.25) is 5.95 Å². The number of carbonyl (C=O) groups excluding carboxylic acids is 1. The second-order valence-electron chi connectivity index (χ2n) is 4.02. The van der Waals surface area contributed by atoms with Crippen LogP contribution in [0.5, 0.6) is 0 Å². The number of nitrogens with one attached hydrogen (secondary N) is 1. The van der Waals surface area contributed by atoms with Crippen molar-refractivity contribution in [2.24, 2.45) is 0 Å². The van der Waals surface area contributed by atoms with Crippen LogP contribution in [-0.4, -0.2) is 52.0 Å². The first-order chi connectivity index (χ1) is 8.79. The summed E-state index contributed by atoms with van der Waals surface area (Å²) < 4.78 is 12.2. The summed E-state index contributed by atoms with van der Waals surface area (Å²) >= 11 is 0. The van der Waals surface area contributed by atoms with Crippen LogP contribution in [0.3, 0.4) is 0 Å². The molecule has 0 spiro atoms. The molecule has 1 saturated heterocycles. The Balaban J connectivity index is 1.68. The molecule has 18 heavy (non-hydrogen) atoms. The van der Waals surface area contributed by atoms with E-state index in [0.29, 0.717) is 19.1 Å². The van der Waals surface area contributed by atoms with Crippen molar-refractivity contribution in [1.29, 1.82) is 0 Å². The Kier molecular flexibility index (Phi) is 4.59. The Morgan fingerprint density at radius 3 is 3.28 bits per heavy atom. The molecule has 1 atom stereocenters. The lowest BCUT2D eigenvalue weighted by Gasteiger charge is -2.09. The number of amides is 1. The lowest BCUT2D eigenvalue weighted by molar-refractivity contribution is -0.121. The molecule has 0 bridgehead atoms. The summed E-state index contributed by atoms with van der Waals surface area (Å²) in [6.07, 6.45) is 2.18. The molecule has 1 aromatic heterocycles. The van der Waals surface area contributed by atoms with E-state index in [-0.39, 0.29) is 18.6 Å². The number of nitrogens with zero attached hydrogens (tertiary/aromatic N) is 4. The lowest BCUT2D eigenvalue weighted by atomic mass is 10.2. The van der Waals surface area contributed by atoms with Crippen LogP contribution in [0, 0.1) is 0 Å². The number of anilines is 1. The molecule has 1 aliphatic rings. The molecule has 0 aromatic carbocycles. The zero-order valence-corrected chi connectivity index (χ0v) is 10.3. The highest BCUT2D eigenvalue weighted by molar-refractivity contribution is 5.89. The Labute approximate surface area is 105 Å². The largest absolute Gasteiger partial charge is 0.376 e. The predicted molar refractivity (Wildman–Crippen MR) is 61.9 cm³/mol. The summed E-state index contributed by atoms with van der Waals surface area (Å²) in [6.45, 7) is 3.70. The lowest BCUT2D eigenvalue weighted by Crippen LogP contribution is -2.24. The third-order valence-corrected chi connectivity index (χ3v) is 2.64. The molecule has 1 N–H and O–H groups in total. The topological polar surface area (TPSA) is 91.2 Å². The van der Waals surface area contributed by atoms with Gasteiger partial charge in [-0.3, -0.25) is 10.1 Å². The highest BCUT2D eigenvalue weighted by Crippen LogP contribution is 2.11. The van der Waals surface area contributed by atoms with E-state index in [1.807, 2.05) is 6.92 Å². The van der Waals surface area contributed by atoms with Crippen molar-refractivity contribution >= 4 is 11.9 Å². The van der Waals surface area contributed by atoms with Crippen LogP contribution in [0.15, 0.2) is 0 Å². The fraction of sp³-hybridized carbons (Fsp3) is 0.800. The minimum atomic E-state index is -0.266. The van der Waals surface area contributed by atoms with Gasteiger partial charge < -0.3 is 9.47 Å². The molecule has 0 unspecified atom stereocenters. The van der Waals surface area contributed by atoms with E-state index in [1.165, 1.54) is 4.68 Å². The van der Waals surface area contributed by atoms with Crippen LogP contribution in [0.25, 0.3) is 0 Å². The van der Waals surface area contributed by atoms with Gasteiger partial charge in [0, 0.05) is 13.2 Å². The van der Waals surface area contributed by atoms with Crippen molar-refractivity contribution in [2.45, 2.75) is 32.4 Å². The minimum Gasteiger partial charge on any atom is -0.376 e. The Morgan fingerprint density at radius 1 is 1.67 bits per heavy atom. The monoisotopic (exact) mass is 255 g/mol. The molecular weight excluding hydrogens is 238 g/mol. The second-order valence-corrected chi connectivity index (χ2v) is 4.02. The molecule has 100 valence electrons. The summed E-state index contributed by atoms with van der Waals surface area (Å²) in [5.41, 5.74) is 0. The van der Waals surface area contributed by atoms with Gasteiger partial charge in [-0.15, -0.1) is 0 Å². The molecule has 2 rings (SSSR count). The molecule has 2 heterocycles. The molecule has 0 saturated carbocycles. The van der Waals surface area contributed by atoms with E-state index >= 15 is 0 Å². The van der Waals surface area contributed by atoms with Gasteiger partial charge in [-0.25, -0.2) is 4.68 Å². The highest BCUT2D eigenvalue weighted by atomic mass is 16.5. The van der Waals surface area contributed by atoms with Crippen LogP contribution in [0.1, 0.15) is 19.8 Å². The highest BCUT2D eigenvalue weighted by Gasteiger charge is 2.16. The minimum absolute atomic E-state index is 0.0174. The summed E-state index contributed by atoms with van der Waals surface area (Å²) in [4.78, 5) is 11.6. The van der Waals surface area contributed by atoms with Crippen LogP contribution in [-0.2, 0) is 20.8 Å². The van der Waals surface area contributed by atoms with Gasteiger partial charge in [0.25, 0.3) is 5.91 Å². The van der Waals surface area contributed by atoms with Gasteiger partial charge in [0.1, 0.15) is 6.61 Å². The standard InChI is InChI=1S/C10H17N5O3/c1-2-15-10(12-13-14-15)11-9(16)7-17-6-8-4-3-5-18-8/h8H,2-7H2,1H3,(H,11,12,14,16)/t8-/m1/s1. The van der Waals surface area contributed by atoms with E-state index in [4.69, 9.17) is 9.47 Å². The van der Waals surface area contributed by atoms with E-state index in [1.54, 1.807) is 0 Å². The van der Waals surface area contributed by atoms with E-state index in [2.05, 4.69) is 20.8 Å². The number of rotatable bonds is 6. The maximum atomic E-state index is 11.6. The summed E-state index contributed by atoms with van der Waals surface area (Å²) in [7, 11) is 0. The molecule has 1 fully saturated rings. The Hall–Kier alpha value is -1.54. The van der Waals surface area contributed by atoms with Gasteiger partial charge in [0.15, 0.2) is 0 Å². The summed E-state index contributed by atoms with van der Waals surface area (Å²) in [5, 5.41) is 13.5. The third kappa shape index (κ3) is 3.47. The van der Waals surface area contributed by atoms with Gasteiger partial charge in [-0.2, -0.15) is 0 Å². The fourth-order valence-electron chi connectivity index (χ4n) is 1.73. The zero-order valence-electron chi connectivity index (χ0n) is 10.3. The zero-order chi connectivity index (χ0) is 12.8. The van der Waals surface area contributed by atoms with Crippen molar-refractivity contribution in [3.8, 4) is 0 Å². The van der Waals surface area contributed by atoms with Crippen LogP contribution in [0.2, 0.25) is 0 Å². The molecule has 8 heteroatoms. The van der Waals surface area contributed by atoms with Crippen molar-refractivity contribution in [1.82, 2.24) is 20.2 Å². The first-order valence-electron chi connectivity index (χ1n) is 6.05. The molecular formula is C10H17N5O3. The average Bonchev–Trinajstić information content (AvgIpc) is 3.00. The van der Waals surface area contributed by atoms with E-state index < -0.39 is 0 Å². The van der Waals surface area contributed by atoms with Crippen molar-refractivity contribution in [3.63, 3.8) is 0 Å². The number of aromatic nitrogens is 4. The smallest absolute Gasteiger partial charge is 0.252 e. The van der Waals surface area contributed by atoms with E-state index in [9.17, 15) is 4.79 Å². The number of tetrazole rings is 1. The first-order valence-corrected chi connectivity index (χ1v) is 6.05. The molecule has 1 amide bonds. The van der Waals surface area contributed by atoms with Crippen LogP contribution < -0.4 is 5.32 Å². The number of carbonyl (C=O) groups is 1. The first kappa shape index (κ1) is 12.9. The maximum Gasteiger partial charge on any atom is 0.252 e. The van der Waals surface area contributed by atoms with E-state index in [0.717, 1.165) is 19.4 Å². The second kappa shape index (κ2) is 6.41. The SMILES string of the molecule is CCn1nnnc1NC(=O)COC[C@H]1CCCO1. The summed E-state index contributed by atoms with van der Waals surface area (Å²) in [6, 6.07) is 0. The number of ether oxygens (including phenoxy) is 2. The molecule has 1 aromatic rings. The van der Waals surface area contributed by atoms with Crippen molar-refractivity contribution in [3.05, 3.63) is 0 Å². The average molecular weight is 255 g/mol. The predicted octanol–water partition coefficient (Wildman–Crippen LogP) is -0.173. The van der Waals surface area contributed by atoms with Gasteiger partial charge in [0.05, 0.1) is 12.7 Å². The number of aryl methyl sites for hydroxylation is 1. The quantitative estimate of drug-likeness (QED) is 0.758. The Morgan fingerprint density at radius 2 is 2.56 bits per heavy atom. The molecule has 1 aliphatic heterocycles. The number of hydrogen-bond acceptors (Lipinski definition) is 6. The summed E-state index contributed by atoms with van der Waals surface area (Å²) in [5.74, 6) is 0.0701. The van der Waals surface area contributed by atoms with Gasteiger partial charge in [-0.1, -0.05) is 5.10 Å². The molecule has 0 radical (unpaired) electrons. The molecule has 8 nitrogen and oxygen atoms in total.